The van der Waals surface area contributed by atoms with Gasteiger partial charge in [-0.3, -0.25) is 4.57 Å². The van der Waals surface area contributed by atoms with Crippen LogP contribution < -0.4 is 0 Å². The molecule has 0 saturated carbocycles. The van der Waals surface area contributed by atoms with Gasteiger partial charge in [-0.25, -0.2) is 4.98 Å². The van der Waals surface area contributed by atoms with Crippen molar-refractivity contribution in [3.8, 4) is 16.9 Å². The van der Waals surface area contributed by atoms with Crippen LogP contribution in [0.15, 0.2) is 158 Å². The van der Waals surface area contributed by atoms with Crippen molar-refractivity contribution in [3.63, 3.8) is 0 Å². The van der Waals surface area contributed by atoms with E-state index in [0.29, 0.717) is 0 Å². The predicted octanol–water partition coefficient (Wildman–Crippen LogP) is 11.6. The maximum atomic E-state index is 5.04. The first-order valence-corrected chi connectivity index (χ1v) is 15.5. The van der Waals surface area contributed by atoms with Gasteiger partial charge >= 0.3 is 0 Å². The minimum absolute atomic E-state index is 0.922. The summed E-state index contributed by atoms with van der Waals surface area (Å²) in [6.07, 6.45) is 2.02. The molecule has 10 rings (SSSR count). The number of fused-ring (bicyclic) bond motifs is 14. The standard InChI is InChI=1S/C43H26N2/c1-4-16-35-29(11-1)30-12-2-6-18-37(30)43-38-25-27(21-23-32(38)31-13-3-5-17-36(31)42(35)43)28-22-24-41(44-26-28)45-39-19-9-7-14-33(39)34-15-8-10-20-40(34)45/h1-26H. The summed E-state index contributed by atoms with van der Waals surface area (Å²) in [7, 11) is 0. The van der Waals surface area contributed by atoms with Crippen molar-refractivity contribution in [1.29, 1.82) is 0 Å². The van der Waals surface area contributed by atoms with E-state index in [1.807, 2.05) is 6.20 Å². The first-order valence-electron chi connectivity index (χ1n) is 15.5. The lowest BCUT2D eigenvalue weighted by molar-refractivity contribution is 1.08. The first kappa shape index (κ1) is 24.5. The van der Waals surface area contributed by atoms with Crippen LogP contribution in [0.1, 0.15) is 0 Å². The monoisotopic (exact) mass is 570 g/mol. The Bertz CT molecular complexity index is 2730. The fourth-order valence-corrected chi connectivity index (χ4v) is 7.66. The molecule has 0 bridgehead atoms. The minimum atomic E-state index is 0.922. The summed E-state index contributed by atoms with van der Waals surface area (Å²) in [6, 6.07) is 55.0. The summed E-state index contributed by atoms with van der Waals surface area (Å²) < 4.78 is 2.27. The van der Waals surface area contributed by atoms with Gasteiger partial charge in [0.05, 0.1) is 11.0 Å². The van der Waals surface area contributed by atoms with E-state index in [9.17, 15) is 0 Å². The quantitative estimate of drug-likeness (QED) is 0.189. The SMILES string of the molecule is c1ccc2c(c1)c1ccccc1c1c3cc(-c4ccc(-n5c6ccccc6c6ccccc65)nc4)ccc3c3ccccc3c21. The highest BCUT2D eigenvalue weighted by Crippen LogP contribution is 2.44. The van der Waals surface area contributed by atoms with Crippen molar-refractivity contribution in [3.05, 3.63) is 158 Å². The summed E-state index contributed by atoms with van der Waals surface area (Å²) in [5.74, 6) is 0.922. The Morgan fingerprint density at radius 1 is 0.333 bits per heavy atom. The van der Waals surface area contributed by atoms with Crippen molar-refractivity contribution in [2.24, 2.45) is 0 Å². The zero-order valence-corrected chi connectivity index (χ0v) is 24.4. The molecule has 2 heteroatoms. The Hall–Kier alpha value is -5.99. The molecule has 10 aromatic rings. The molecule has 0 atom stereocenters. The van der Waals surface area contributed by atoms with Gasteiger partial charge in [0, 0.05) is 22.5 Å². The van der Waals surface area contributed by atoms with E-state index < -0.39 is 0 Å². The number of hydrogen-bond acceptors (Lipinski definition) is 1. The molecule has 0 amide bonds. The third-order valence-corrected chi connectivity index (χ3v) is 9.60. The Balaban J connectivity index is 1.24. The van der Waals surface area contributed by atoms with E-state index in [-0.39, 0.29) is 0 Å². The van der Waals surface area contributed by atoms with E-state index in [4.69, 9.17) is 4.98 Å². The number of benzene rings is 8. The van der Waals surface area contributed by atoms with Crippen molar-refractivity contribution < 1.29 is 0 Å². The number of nitrogens with zero attached hydrogens (tertiary/aromatic N) is 2. The van der Waals surface area contributed by atoms with Gasteiger partial charge in [0.2, 0.25) is 0 Å². The van der Waals surface area contributed by atoms with Crippen molar-refractivity contribution in [2.75, 3.05) is 0 Å². The molecule has 45 heavy (non-hydrogen) atoms. The molecular weight excluding hydrogens is 544 g/mol. The maximum Gasteiger partial charge on any atom is 0.137 e. The summed E-state index contributed by atoms with van der Waals surface area (Å²) in [5, 5.41) is 15.4. The number of rotatable bonds is 2. The second kappa shape index (κ2) is 9.25. The Labute approximate surface area is 259 Å². The molecule has 2 heterocycles. The third-order valence-electron chi connectivity index (χ3n) is 9.60. The van der Waals surface area contributed by atoms with E-state index in [1.165, 1.54) is 75.7 Å². The second-order valence-corrected chi connectivity index (χ2v) is 11.9. The number of hydrogen-bond donors (Lipinski definition) is 0. The van der Waals surface area contributed by atoms with Crippen molar-refractivity contribution in [2.45, 2.75) is 0 Å². The maximum absolute atomic E-state index is 5.04. The van der Waals surface area contributed by atoms with Crippen LogP contribution in [-0.2, 0) is 0 Å². The van der Waals surface area contributed by atoms with Gasteiger partial charge in [0.25, 0.3) is 0 Å². The van der Waals surface area contributed by atoms with Crippen LogP contribution in [0.4, 0.5) is 0 Å². The molecule has 8 aromatic carbocycles. The molecule has 0 aliphatic rings. The molecule has 0 radical (unpaired) electrons. The predicted molar refractivity (Wildman–Crippen MR) is 192 cm³/mol. The summed E-state index contributed by atoms with van der Waals surface area (Å²) >= 11 is 0. The summed E-state index contributed by atoms with van der Waals surface area (Å²) in [4.78, 5) is 5.04. The zero-order valence-electron chi connectivity index (χ0n) is 24.4. The molecule has 0 spiro atoms. The molecule has 2 aromatic heterocycles. The molecule has 0 N–H and O–H groups in total. The average molecular weight is 571 g/mol. The first-order chi connectivity index (χ1) is 22.3. The Morgan fingerprint density at radius 3 is 1.27 bits per heavy atom. The van der Waals surface area contributed by atoms with E-state index in [0.717, 1.165) is 16.9 Å². The van der Waals surface area contributed by atoms with Gasteiger partial charge in [-0.1, -0.05) is 121 Å². The van der Waals surface area contributed by atoms with Gasteiger partial charge < -0.3 is 0 Å². The second-order valence-electron chi connectivity index (χ2n) is 11.9. The van der Waals surface area contributed by atoms with Crippen LogP contribution in [0.25, 0.3) is 92.6 Å². The molecule has 0 unspecified atom stereocenters. The molecule has 0 aliphatic heterocycles. The van der Waals surface area contributed by atoms with Gasteiger partial charge in [-0.05, 0) is 89.8 Å². The average Bonchev–Trinajstić information content (AvgIpc) is 3.46. The fourth-order valence-electron chi connectivity index (χ4n) is 7.66. The van der Waals surface area contributed by atoms with Crippen LogP contribution in [-0.4, -0.2) is 9.55 Å². The number of pyridine rings is 1. The smallest absolute Gasteiger partial charge is 0.137 e. The normalized spacial score (nSPS) is 12.0. The largest absolute Gasteiger partial charge is 0.294 e. The van der Waals surface area contributed by atoms with Crippen LogP contribution >= 0.6 is 0 Å². The highest BCUT2D eigenvalue weighted by atomic mass is 15.1. The third kappa shape index (κ3) is 3.42. The van der Waals surface area contributed by atoms with Crippen molar-refractivity contribution >= 4 is 75.7 Å². The molecule has 0 saturated heterocycles. The van der Waals surface area contributed by atoms with Crippen LogP contribution in [0.5, 0.6) is 0 Å². The molecule has 0 aliphatic carbocycles. The molecular formula is C43H26N2. The minimum Gasteiger partial charge on any atom is -0.294 e. The van der Waals surface area contributed by atoms with Gasteiger partial charge in [-0.15, -0.1) is 0 Å². The van der Waals surface area contributed by atoms with E-state index >= 15 is 0 Å². The zero-order chi connectivity index (χ0) is 29.5. The lowest BCUT2D eigenvalue weighted by atomic mass is 9.86. The van der Waals surface area contributed by atoms with E-state index in [2.05, 4.69) is 156 Å². The Morgan fingerprint density at radius 2 is 0.756 bits per heavy atom. The lowest BCUT2D eigenvalue weighted by Crippen LogP contribution is -1.97. The summed E-state index contributed by atoms with van der Waals surface area (Å²) in [5.41, 5.74) is 4.61. The summed E-state index contributed by atoms with van der Waals surface area (Å²) in [6.45, 7) is 0. The highest BCUT2D eigenvalue weighted by molar-refractivity contribution is 6.39. The molecule has 208 valence electrons. The highest BCUT2D eigenvalue weighted by Gasteiger charge is 2.17. The number of para-hydroxylation sites is 2. The Kier molecular flexibility index (Phi) is 5.03. The topological polar surface area (TPSA) is 17.8 Å². The number of aromatic nitrogens is 2. The fraction of sp³-hybridized carbons (Fsp3) is 0. The van der Waals surface area contributed by atoms with Crippen LogP contribution in [0, 0.1) is 0 Å². The van der Waals surface area contributed by atoms with Crippen molar-refractivity contribution in [1.82, 2.24) is 9.55 Å². The van der Waals surface area contributed by atoms with Gasteiger partial charge in [0.1, 0.15) is 5.82 Å². The lowest BCUT2D eigenvalue weighted by Gasteiger charge is -2.17. The molecule has 0 fully saturated rings. The molecule has 2 nitrogen and oxygen atoms in total. The van der Waals surface area contributed by atoms with Crippen LogP contribution in [0.2, 0.25) is 0 Å². The van der Waals surface area contributed by atoms with Gasteiger partial charge in [0.15, 0.2) is 0 Å². The van der Waals surface area contributed by atoms with Crippen LogP contribution in [0.3, 0.4) is 0 Å². The van der Waals surface area contributed by atoms with E-state index in [1.54, 1.807) is 0 Å². The van der Waals surface area contributed by atoms with Gasteiger partial charge in [-0.2, -0.15) is 0 Å².